The summed E-state index contributed by atoms with van der Waals surface area (Å²) in [4.78, 5) is 24.8. The summed E-state index contributed by atoms with van der Waals surface area (Å²) >= 11 is 0. The van der Waals surface area contributed by atoms with Gasteiger partial charge in [0.25, 0.3) is 5.91 Å². The van der Waals surface area contributed by atoms with E-state index < -0.39 is 11.9 Å². The second-order valence-corrected chi connectivity index (χ2v) is 7.35. The molecular formula is C23H24N6O2. The highest BCUT2D eigenvalue weighted by Crippen LogP contribution is 2.25. The molecule has 2 amide bonds. The summed E-state index contributed by atoms with van der Waals surface area (Å²) in [5.74, 6) is -0.357. The van der Waals surface area contributed by atoms with Crippen molar-refractivity contribution in [3.63, 3.8) is 0 Å². The van der Waals surface area contributed by atoms with Crippen molar-refractivity contribution in [3.8, 4) is 0 Å². The van der Waals surface area contributed by atoms with Crippen LogP contribution < -0.4 is 16.1 Å². The van der Waals surface area contributed by atoms with Crippen LogP contribution in [0.5, 0.6) is 0 Å². The van der Waals surface area contributed by atoms with E-state index >= 15 is 0 Å². The van der Waals surface area contributed by atoms with E-state index in [0.29, 0.717) is 18.1 Å². The van der Waals surface area contributed by atoms with Crippen LogP contribution in [0, 0.1) is 0 Å². The average Bonchev–Trinajstić information content (AvgIpc) is 3.42. The Kier molecular flexibility index (Phi) is 5.79. The molecule has 0 radical (unpaired) electrons. The predicted octanol–water partition coefficient (Wildman–Crippen LogP) is 2.55. The molecule has 3 aromatic rings. The monoisotopic (exact) mass is 416 g/mol. The van der Waals surface area contributed by atoms with Crippen LogP contribution >= 0.6 is 0 Å². The first-order valence-corrected chi connectivity index (χ1v) is 10.2. The van der Waals surface area contributed by atoms with Crippen molar-refractivity contribution in [1.29, 1.82) is 0 Å². The highest BCUT2D eigenvalue weighted by molar-refractivity contribution is 6.44. The molecule has 8 heteroatoms. The van der Waals surface area contributed by atoms with Gasteiger partial charge in [0, 0.05) is 12.5 Å². The molecule has 2 aromatic carbocycles. The third-order valence-electron chi connectivity index (χ3n) is 5.24. The van der Waals surface area contributed by atoms with E-state index in [9.17, 15) is 9.59 Å². The molecule has 1 aliphatic rings. The van der Waals surface area contributed by atoms with E-state index in [1.54, 1.807) is 16.9 Å². The van der Waals surface area contributed by atoms with Crippen LogP contribution in [0.4, 0.5) is 11.5 Å². The number of aromatic nitrogens is 2. The van der Waals surface area contributed by atoms with E-state index in [1.165, 1.54) is 10.6 Å². The Morgan fingerprint density at radius 2 is 1.77 bits per heavy atom. The number of nitrogens with two attached hydrogens (primary N) is 1. The molecule has 0 bridgehead atoms. The first-order chi connectivity index (χ1) is 15.0. The first-order valence-electron chi connectivity index (χ1n) is 10.2. The maximum absolute atomic E-state index is 12.9. The van der Waals surface area contributed by atoms with Gasteiger partial charge in [0.2, 0.25) is 5.91 Å². The Morgan fingerprint density at radius 1 is 1.06 bits per heavy atom. The van der Waals surface area contributed by atoms with Crippen molar-refractivity contribution < 1.29 is 9.59 Å². The van der Waals surface area contributed by atoms with Crippen LogP contribution in [0.25, 0.3) is 0 Å². The van der Waals surface area contributed by atoms with Crippen LogP contribution in [0.2, 0.25) is 0 Å². The molecule has 31 heavy (non-hydrogen) atoms. The molecule has 1 atom stereocenters. The molecule has 1 unspecified atom stereocenters. The van der Waals surface area contributed by atoms with Crippen LogP contribution in [0.1, 0.15) is 24.5 Å². The lowest BCUT2D eigenvalue weighted by atomic mass is 10.1. The summed E-state index contributed by atoms with van der Waals surface area (Å²) in [5, 5.41) is 13.1. The molecule has 8 nitrogen and oxygen atoms in total. The Labute approximate surface area is 180 Å². The van der Waals surface area contributed by atoms with Gasteiger partial charge in [-0.2, -0.15) is 10.2 Å². The number of carbonyl (C=O) groups is 2. The quantitative estimate of drug-likeness (QED) is 0.617. The third-order valence-corrected chi connectivity index (χ3v) is 5.24. The predicted molar refractivity (Wildman–Crippen MR) is 120 cm³/mol. The minimum Gasteiger partial charge on any atom is -0.368 e. The molecule has 1 aliphatic heterocycles. The number of benzene rings is 2. The Bertz CT molecular complexity index is 1100. The number of aryl methyl sites for hydroxylation is 1. The molecule has 0 saturated heterocycles. The van der Waals surface area contributed by atoms with Gasteiger partial charge in [-0.3, -0.25) is 14.6 Å². The number of hydrogen-bond acceptors (Lipinski definition) is 5. The number of carbonyl (C=O) groups excluding carboxylic acids is 2. The zero-order valence-electron chi connectivity index (χ0n) is 17.2. The Balaban J connectivity index is 1.49. The fraction of sp³-hybridized carbons (Fsp3) is 0.217. The molecule has 158 valence electrons. The van der Waals surface area contributed by atoms with Crippen molar-refractivity contribution in [2.45, 2.75) is 32.4 Å². The van der Waals surface area contributed by atoms with Gasteiger partial charge < -0.3 is 11.1 Å². The van der Waals surface area contributed by atoms with Crippen LogP contribution in [0.3, 0.4) is 0 Å². The van der Waals surface area contributed by atoms with Gasteiger partial charge in [-0.15, -0.1) is 0 Å². The lowest BCUT2D eigenvalue weighted by Gasteiger charge is -2.20. The molecule has 0 saturated carbocycles. The summed E-state index contributed by atoms with van der Waals surface area (Å²) in [5.41, 5.74) is 8.85. The Hall–Kier alpha value is -3.94. The topological polar surface area (TPSA) is 106 Å². The fourth-order valence-electron chi connectivity index (χ4n) is 3.49. The molecule has 0 aliphatic carbocycles. The number of nitrogens with zero attached hydrogens (tertiary/aromatic N) is 4. The van der Waals surface area contributed by atoms with Gasteiger partial charge in [0.05, 0.1) is 18.4 Å². The van der Waals surface area contributed by atoms with Crippen molar-refractivity contribution >= 4 is 29.0 Å². The van der Waals surface area contributed by atoms with Crippen molar-refractivity contribution in [2.75, 3.05) is 10.3 Å². The summed E-state index contributed by atoms with van der Waals surface area (Å²) in [6, 6.07) is 18.5. The number of primary amides is 1. The maximum atomic E-state index is 12.9. The maximum Gasteiger partial charge on any atom is 0.273 e. The third kappa shape index (κ3) is 4.48. The van der Waals surface area contributed by atoms with Gasteiger partial charge in [-0.05, 0) is 29.7 Å². The minimum absolute atomic E-state index is 0.142. The van der Waals surface area contributed by atoms with Gasteiger partial charge in [-0.1, -0.05) is 49.4 Å². The standard InChI is InChI=1S/C23H24N6O2/c1-2-16-8-10-17(11-9-16)15-28-21(12-13-25-28)26-23(31)19-14-20(22(24)30)29(27-19)18-6-4-3-5-7-18/h3-13,20H,2,14-15H2,1H3,(H2,24,30)(H,26,31). The zero-order chi connectivity index (χ0) is 21.8. The van der Waals surface area contributed by atoms with Gasteiger partial charge in [0.15, 0.2) is 0 Å². The summed E-state index contributed by atoms with van der Waals surface area (Å²) in [7, 11) is 0. The molecule has 0 fully saturated rings. The summed E-state index contributed by atoms with van der Waals surface area (Å²) < 4.78 is 1.72. The number of hydrogen-bond donors (Lipinski definition) is 2. The van der Waals surface area contributed by atoms with Crippen LogP contribution in [-0.2, 0) is 22.6 Å². The number of amides is 2. The van der Waals surface area contributed by atoms with E-state index in [0.717, 1.165) is 12.0 Å². The lowest BCUT2D eigenvalue weighted by molar-refractivity contribution is -0.119. The smallest absolute Gasteiger partial charge is 0.273 e. The number of hydrazone groups is 1. The molecule has 4 rings (SSSR count). The van der Waals surface area contributed by atoms with Gasteiger partial charge in [0.1, 0.15) is 17.6 Å². The van der Waals surface area contributed by atoms with Crippen molar-refractivity contribution in [3.05, 3.63) is 78.0 Å². The van der Waals surface area contributed by atoms with Crippen LogP contribution in [-0.4, -0.2) is 33.3 Å². The summed E-state index contributed by atoms with van der Waals surface area (Å²) in [6.45, 7) is 2.64. The molecule has 2 heterocycles. The van der Waals surface area contributed by atoms with Gasteiger partial charge >= 0.3 is 0 Å². The average molecular weight is 416 g/mol. The first kappa shape index (κ1) is 20.3. The van der Waals surface area contributed by atoms with Crippen molar-refractivity contribution in [2.24, 2.45) is 10.8 Å². The number of para-hydroxylation sites is 1. The normalized spacial score (nSPS) is 15.6. The molecular weight excluding hydrogens is 392 g/mol. The number of nitrogens with one attached hydrogen (secondary N) is 1. The second-order valence-electron chi connectivity index (χ2n) is 7.35. The van der Waals surface area contributed by atoms with E-state index in [-0.39, 0.29) is 18.0 Å². The molecule has 1 aromatic heterocycles. The second kappa shape index (κ2) is 8.83. The largest absolute Gasteiger partial charge is 0.368 e. The Morgan fingerprint density at radius 3 is 2.45 bits per heavy atom. The minimum atomic E-state index is -0.704. The van der Waals surface area contributed by atoms with Crippen molar-refractivity contribution in [1.82, 2.24) is 9.78 Å². The SMILES string of the molecule is CCc1ccc(Cn2nccc2NC(=O)C2=NN(c3ccccc3)C(C(N)=O)C2)cc1. The lowest BCUT2D eigenvalue weighted by Crippen LogP contribution is -2.39. The molecule has 0 spiro atoms. The van der Waals surface area contributed by atoms with E-state index in [2.05, 4.69) is 46.7 Å². The number of rotatable bonds is 7. The molecule has 3 N–H and O–H groups in total. The zero-order valence-corrected chi connectivity index (χ0v) is 17.2. The van der Waals surface area contributed by atoms with Gasteiger partial charge in [-0.25, -0.2) is 4.68 Å². The summed E-state index contributed by atoms with van der Waals surface area (Å²) in [6.07, 6.45) is 2.76. The highest BCUT2D eigenvalue weighted by atomic mass is 16.2. The van der Waals surface area contributed by atoms with E-state index in [1.807, 2.05) is 30.3 Å². The van der Waals surface area contributed by atoms with E-state index in [4.69, 9.17) is 5.73 Å². The highest BCUT2D eigenvalue weighted by Gasteiger charge is 2.35. The number of anilines is 2. The van der Waals surface area contributed by atoms with Crippen LogP contribution in [0.15, 0.2) is 72.0 Å². The fourth-order valence-corrected chi connectivity index (χ4v) is 3.49.